The van der Waals surface area contributed by atoms with Crippen molar-refractivity contribution in [3.63, 3.8) is 0 Å². The molecule has 3 heteroatoms. The number of hydrogen-bond acceptors (Lipinski definition) is 2. The largest absolute Gasteiger partial charge is 0.372 e. The monoisotopic (exact) mass is 343 g/mol. The Kier molecular flexibility index (Phi) is 4.73. The number of benzene rings is 2. The summed E-state index contributed by atoms with van der Waals surface area (Å²) >= 11 is 3.47. The second-order valence-corrected chi connectivity index (χ2v) is 6.05. The molecule has 21 heavy (non-hydrogen) atoms. The van der Waals surface area contributed by atoms with Gasteiger partial charge in [0.25, 0.3) is 0 Å². The summed E-state index contributed by atoms with van der Waals surface area (Å²) in [7, 11) is 0. The third-order valence-corrected chi connectivity index (χ3v) is 4.15. The molecule has 2 aromatic rings. The summed E-state index contributed by atoms with van der Waals surface area (Å²) in [6.07, 6.45) is 4.47. The fraction of sp³-hybridized carbons (Fsp3) is 0.222. The molecule has 2 nitrogen and oxygen atoms in total. The highest BCUT2D eigenvalue weighted by Crippen LogP contribution is 2.24. The van der Waals surface area contributed by atoms with E-state index in [0.29, 0.717) is 0 Å². The van der Waals surface area contributed by atoms with Gasteiger partial charge < -0.3 is 9.64 Å². The van der Waals surface area contributed by atoms with Crippen molar-refractivity contribution in [2.24, 2.45) is 0 Å². The zero-order chi connectivity index (χ0) is 14.5. The Bertz CT molecular complexity index is 594. The SMILES string of the molecule is Brc1ccc([C@H]2CN(C=Cc3ccccc3)CCO2)cc1. The van der Waals surface area contributed by atoms with E-state index in [1.54, 1.807) is 0 Å². The van der Waals surface area contributed by atoms with Crippen molar-refractivity contribution in [1.82, 2.24) is 4.90 Å². The molecule has 1 saturated heterocycles. The molecule has 0 unspecified atom stereocenters. The quantitative estimate of drug-likeness (QED) is 0.813. The number of halogens is 1. The van der Waals surface area contributed by atoms with Crippen molar-refractivity contribution in [2.75, 3.05) is 19.7 Å². The standard InChI is InChI=1S/C18H18BrNO/c19-17-8-6-16(7-9-17)18-14-20(12-13-21-18)11-10-15-4-2-1-3-5-15/h1-11,18H,12-14H2/t18-/m1/s1. The molecule has 1 atom stereocenters. The van der Waals surface area contributed by atoms with Crippen molar-refractivity contribution in [1.29, 1.82) is 0 Å². The van der Waals surface area contributed by atoms with Crippen LogP contribution in [-0.4, -0.2) is 24.6 Å². The van der Waals surface area contributed by atoms with Crippen LogP contribution in [0.5, 0.6) is 0 Å². The average molecular weight is 344 g/mol. The van der Waals surface area contributed by atoms with Gasteiger partial charge in [-0.3, -0.25) is 0 Å². The van der Waals surface area contributed by atoms with Gasteiger partial charge in [0.2, 0.25) is 0 Å². The van der Waals surface area contributed by atoms with Crippen molar-refractivity contribution in [2.45, 2.75) is 6.10 Å². The van der Waals surface area contributed by atoms with Gasteiger partial charge in [-0.2, -0.15) is 0 Å². The molecule has 0 saturated carbocycles. The van der Waals surface area contributed by atoms with E-state index >= 15 is 0 Å². The molecule has 0 aliphatic carbocycles. The smallest absolute Gasteiger partial charge is 0.1000 e. The summed E-state index contributed by atoms with van der Waals surface area (Å²) in [5.74, 6) is 0. The minimum atomic E-state index is 0.146. The van der Waals surface area contributed by atoms with Crippen molar-refractivity contribution < 1.29 is 4.74 Å². The molecule has 2 aromatic carbocycles. The summed E-state index contributed by atoms with van der Waals surface area (Å²) in [5, 5.41) is 0. The first-order valence-corrected chi connectivity index (χ1v) is 7.95. The topological polar surface area (TPSA) is 12.5 Å². The van der Waals surface area contributed by atoms with E-state index in [9.17, 15) is 0 Å². The van der Waals surface area contributed by atoms with Crippen LogP contribution in [0.2, 0.25) is 0 Å². The predicted octanol–water partition coefficient (Wildman–Crippen LogP) is 4.49. The molecule has 0 N–H and O–H groups in total. The Morgan fingerprint density at radius 2 is 1.81 bits per heavy atom. The second-order valence-electron chi connectivity index (χ2n) is 5.13. The van der Waals surface area contributed by atoms with Gasteiger partial charge in [0.05, 0.1) is 12.7 Å². The molecular weight excluding hydrogens is 326 g/mol. The van der Waals surface area contributed by atoms with E-state index < -0.39 is 0 Å². The molecular formula is C18H18BrNO. The van der Waals surface area contributed by atoms with Crippen molar-refractivity contribution >= 4 is 22.0 Å². The van der Waals surface area contributed by atoms with Crippen LogP contribution in [0.25, 0.3) is 6.08 Å². The van der Waals surface area contributed by atoms with Gasteiger partial charge in [-0.1, -0.05) is 58.4 Å². The number of rotatable bonds is 3. The van der Waals surface area contributed by atoms with Crippen LogP contribution in [-0.2, 0) is 4.74 Å². The van der Waals surface area contributed by atoms with Gasteiger partial charge in [0.1, 0.15) is 0 Å². The fourth-order valence-electron chi connectivity index (χ4n) is 2.44. The van der Waals surface area contributed by atoms with Gasteiger partial charge in [-0.05, 0) is 35.5 Å². The Morgan fingerprint density at radius 1 is 1.05 bits per heavy atom. The predicted molar refractivity (Wildman–Crippen MR) is 89.9 cm³/mol. The summed E-state index contributed by atoms with van der Waals surface area (Å²) in [6, 6.07) is 18.8. The van der Waals surface area contributed by atoms with Gasteiger partial charge in [0.15, 0.2) is 0 Å². The third-order valence-electron chi connectivity index (χ3n) is 3.62. The summed E-state index contributed by atoms with van der Waals surface area (Å²) in [6.45, 7) is 2.60. The highest BCUT2D eigenvalue weighted by molar-refractivity contribution is 9.10. The first kappa shape index (κ1) is 14.4. The Hall–Kier alpha value is -1.58. The first-order chi connectivity index (χ1) is 10.3. The Balaban J connectivity index is 1.66. The second kappa shape index (κ2) is 6.92. The minimum Gasteiger partial charge on any atom is -0.372 e. The van der Waals surface area contributed by atoms with Gasteiger partial charge in [0, 0.05) is 17.6 Å². The van der Waals surface area contributed by atoms with E-state index in [4.69, 9.17) is 4.74 Å². The maximum absolute atomic E-state index is 5.90. The minimum absolute atomic E-state index is 0.146. The molecule has 1 heterocycles. The van der Waals surface area contributed by atoms with E-state index in [2.05, 4.69) is 81.6 Å². The van der Waals surface area contributed by atoms with Gasteiger partial charge >= 0.3 is 0 Å². The normalized spacial score (nSPS) is 19.1. The van der Waals surface area contributed by atoms with Crippen LogP contribution in [0.3, 0.4) is 0 Å². The van der Waals surface area contributed by atoms with Crippen LogP contribution >= 0.6 is 15.9 Å². The zero-order valence-corrected chi connectivity index (χ0v) is 13.4. The molecule has 3 rings (SSSR count). The van der Waals surface area contributed by atoms with Gasteiger partial charge in [-0.15, -0.1) is 0 Å². The molecule has 1 aliphatic rings. The Morgan fingerprint density at radius 3 is 2.57 bits per heavy atom. The summed E-state index contributed by atoms with van der Waals surface area (Å²) in [4.78, 5) is 2.32. The van der Waals surface area contributed by atoms with E-state index in [-0.39, 0.29) is 6.10 Å². The van der Waals surface area contributed by atoms with Crippen molar-refractivity contribution in [3.8, 4) is 0 Å². The van der Waals surface area contributed by atoms with Crippen LogP contribution < -0.4 is 0 Å². The van der Waals surface area contributed by atoms with Crippen LogP contribution in [0.15, 0.2) is 65.3 Å². The molecule has 1 fully saturated rings. The number of nitrogens with zero attached hydrogens (tertiary/aromatic N) is 1. The third kappa shape index (κ3) is 3.96. The maximum atomic E-state index is 5.90. The van der Waals surface area contributed by atoms with Gasteiger partial charge in [-0.25, -0.2) is 0 Å². The molecule has 0 aromatic heterocycles. The molecule has 1 aliphatic heterocycles. The molecule has 0 radical (unpaired) electrons. The molecule has 0 spiro atoms. The summed E-state index contributed by atoms with van der Waals surface area (Å²) < 4.78 is 7.00. The van der Waals surface area contributed by atoms with E-state index in [1.807, 2.05) is 6.07 Å². The number of hydrogen-bond donors (Lipinski definition) is 0. The lowest BCUT2D eigenvalue weighted by Gasteiger charge is -2.32. The first-order valence-electron chi connectivity index (χ1n) is 7.15. The van der Waals surface area contributed by atoms with E-state index in [0.717, 1.165) is 24.2 Å². The van der Waals surface area contributed by atoms with E-state index in [1.165, 1.54) is 11.1 Å². The lowest BCUT2D eigenvalue weighted by molar-refractivity contribution is -0.0135. The molecule has 108 valence electrons. The lowest BCUT2D eigenvalue weighted by Crippen LogP contribution is -2.34. The average Bonchev–Trinajstić information content (AvgIpc) is 2.55. The Labute approximate surface area is 134 Å². The highest BCUT2D eigenvalue weighted by Gasteiger charge is 2.19. The summed E-state index contributed by atoms with van der Waals surface area (Å²) in [5.41, 5.74) is 2.46. The zero-order valence-electron chi connectivity index (χ0n) is 11.8. The molecule has 0 bridgehead atoms. The highest BCUT2D eigenvalue weighted by atomic mass is 79.9. The maximum Gasteiger partial charge on any atom is 0.1000 e. The number of ether oxygens (including phenoxy) is 1. The van der Waals surface area contributed by atoms with Crippen LogP contribution in [0.1, 0.15) is 17.2 Å². The number of morpholine rings is 1. The lowest BCUT2D eigenvalue weighted by atomic mass is 10.1. The fourth-order valence-corrected chi connectivity index (χ4v) is 2.70. The van der Waals surface area contributed by atoms with Crippen LogP contribution in [0, 0.1) is 0 Å². The molecule has 0 amide bonds. The van der Waals surface area contributed by atoms with Crippen molar-refractivity contribution in [3.05, 3.63) is 76.4 Å². The van der Waals surface area contributed by atoms with Crippen LogP contribution in [0.4, 0.5) is 0 Å².